The largest absolute Gasteiger partial charge is 0.482 e. The molecule has 1 heterocycles. The number of oxazole rings is 1. The van der Waals surface area contributed by atoms with Crippen molar-refractivity contribution in [2.24, 2.45) is 0 Å². The molecule has 112 valence electrons. The van der Waals surface area contributed by atoms with E-state index < -0.39 is 5.97 Å². The maximum Gasteiger partial charge on any atom is 0.335 e. The Hall–Kier alpha value is -2.24. The quantitative estimate of drug-likeness (QED) is 0.763. The Bertz CT molecular complexity index is 860. The number of ether oxygens (including phenoxy) is 1. The molecule has 0 amide bonds. The van der Waals surface area contributed by atoms with Crippen molar-refractivity contribution in [3.63, 3.8) is 0 Å². The number of rotatable bonds is 4. The monoisotopic (exact) mass is 337 g/mol. The summed E-state index contributed by atoms with van der Waals surface area (Å²) in [5, 5.41) is 9.84. The minimum absolute atomic E-state index is 0.0679. The molecule has 22 heavy (non-hydrogen) atoms. The third kappa shape index (κ3) is 3.00. The van der Waals surface area contributed by atoms with Crippen molar-refractivity contribution in [1.82, 2.24) is 4.98 Å². The lowest BCUT2D eigenvalue weighted by Crippen LogP contribution is -1.95. The molecule has 7 heteroatoms. The molecule has 1 N–H and O–H groups in total. The maximum absolute atomic E-state index is 10.9. The lowest BCUT2D eigenvalue weighted by atomic mass is 10.2. The molecule has 3 aromatic rings. The molecule has 0 saturated heterocycles. The number of hydrogen-bond acceptors (Lipinski definition) is 4. The average Bonchev–Trinajstić information content (AvgIpc) is 2.88. The Balaban J connectivity index is 1.80. The highest BCUT2D eigenvalue weighted by Crippen LogP contribution is 2.28. The molecule has 0 aliphatic rings. The van der Waals surface area contributed by atoms with E-state index in [2.05, 4.69) is 4.98 Å². The van der Waals surface area contributed by atoms with Gasteiger partial charge in [-0.15, -0.1) is 0 Å². The molecule has 0 unspecified atom stereocenters. The Morgan fingerprint density at radius 3 is 2.77 bits per heavy atom. The summed E-state index contributed by atoms with van der Waals surface area (Å²) in [7, 11) is 0. The van der Waals surface area contributed by atoms with E-state index >= 15 is 0 Å². The summed E-state index contributed by atoms with van der Waals surface area (Å²) in [5.41, 5.74) is 1.09. The predicted molar refractivity (Wildman–Crippen MR) is 81.8 cm³/mol. The van der Waals surface area contributed by atoms with Crippen molar-refractivity contribution in [2.45, 2.75) is 6.61 Å². The van der Waals surface area contributed by atoms with Crippen LogP contribution in [0.15, 0.2) is 40.8 Å². The summed E-state index contributed by atoms with van der Waals surface area (Å²) in [5.74, 6) is -0.243. The topological polar surface area (TPSA) is 72.6 Å². The molecule has 0 spiro atoms. The number of aromatic nitrogens is 1. The summed E-state index contributed by atoms with van der Waals surface area (Å²) in [4.78, 5) is 15.1. The second kappa shape index (κ2) is 5.87. The second-order valence-electron chi connectivity index (χ2n) is 4.46. The van der Waals surface area contributed by atoms with E-state index in [1.54, 1.807) is 24.3 Å². The van der Waals surface area contributed by atoms with Crippen molar-refractivity contribution in [3.05, 3.63) is 57.9 Å². The Labute approximate surface area is 135 Å². The summed E-state index contributed by atoms with van der Waals surface area (Å²) in [6.45, 7) is 0.0679. The van der Waals surface area contributed by atoms with Gasteiger partial charge in [-0.25, -0.2) is 9.78 Å². The smallest absolute Gasteiger partial charge is 0.335 e. The van der Waals surface area contributed by atoms with Crippen LogP contribution in [0, 0.1) is 0 Å². The van der Waals surface area contributed by atoms with Gasteiger partial charge in [-0.2, -0.15) is 0 Å². The van der Waals surface area contributed by atoms with E-state index in [4.69, 9.17) is 37.5 Å². The fourth-order valence-corrected chi connectivity index (χ4v) is 2.36. The molecule has 0 radical (unpaired) electrons. The Morgan fingerprint density at radius 2 is 2.05 bits per heavy atom. The second-order valence-corrected chi connectivity index (χ2v) is 5.30. The van der Waals surface area contributed by atoms with Gasteiger partial charge in [0.1, 0.15) is 11.3 Å². The number of carboxylic acids is 1. The lowest BCUT2D eigenvalue weighted by Gasteiger charge is -2.05. The summed E-state index contributed by atoms with van der Waals surface area (Å²) in [6.07, 6.45) is 0. The van der Waals surface area contributed by atoms with Crippen LogP contribution < -0.4 is 4.74 Å². The number of hydrogen-bond donors (Lipinski definition) is 1. The van der Waals surface area contributed by atoms with E-state index in [1.165, 1.54) is 12.1 Å². The van der Waals surface area contributed by atoms with Crippen LogP contribution >= 0.6 is 23.2 Å². The number of carbonyl (C=O) groups is 1. The Morgan fingerprint density at radius 1 is 1.23 bits per heavy atom. The van der Waals surface area contributed by atoms with Crippen LogP contribution in [0.3, 0.4) is 0 Å². The van der Waals surface area contributed by atoms with Crippen LogP contribution in [0.25, 0.3) is 11.1 Å². The van der Waals surface area contributed by atoms with Crippen LogP contribution in [-0.2, 0) is 6.61 Å². The molecule has 3 rings (SSSR count). The zero-order valence-electron chi connectivity index (χ0n) is 11.0. The van der Waals surface area contributed by atoms with Gasteiger partial charge in [-0.3, -0.25) is 0 Å². The van der Waals surface area contributed by atoms with Gasteiger partial charge in [0, 0.05) is 5.02 Å². The summed E-state index contributed by atoms with van der Waals surface area (Å²) in [6, 6.07) is 9.35. The van der Waals surface area contributed by atoms with Crippen LogP contribution in [0.1, 0.15) is 16.2 Å². The third-order valence-corrected chi connectivity index (χ3v) is 3.46. The van der Waals surface area contributed by atoms with Gasteiger partial charge in [0.15, 0.2) is 12.2 Å². The first kappa shape index (κ1) is 14.7. The first-order valence-electron chi connectivity index (χ1n) is 6.23. The van der Waals surface area contributed by atoms with Gasteiger partial charge < -0.3 is 14.3 Å². The molecule has 0 atom stereocenters. The number of carboxylic acid groups (broad SMARTS) is 1. The molecule has 0 aliphatic heterocycles. The number of nitrogens with zero attached hydrogens (tertiary/aromatic N) is 1. The molecule has 0 saturated carbocycles. The zero-order chi connectivity index (χ0) is 15.7. The van der Waals surface area contributed by atoms with Crippen LogP contribution in [0.4, 0.5) is 0 Å². The van der Waals surface area contributed by atoms with Crippen molar-refractivity contribution < 1.29 is 19.1 Å². The van der Waals surface area contributed by atoms with Crippen LogP contribution in [-0.4, -0.2) is 16.1 Å². The number of fused-ring (bicyclic) bond motifs is 1. The molecule has 2 aromatic carbocycles. The van der Waals surface area contributed by atoms with E-state index in [0.29, 0.717) is 32.8 Å². The van der Waals surface area contributed by atoms with Gasteiger partial charge in [0.2, 0.25) is 5.89 Å². The van der Waals surface area contributed by atoms with E-state index in [0.717, 1.165) is 0 Å². The van der Waals surface area contributed by atoms with Crippen molar-refractivity contribution in [2.75, 3.05) is 0 Å². The minimum atomic E-state index is -1.02. The lowest BCUT2D eigenvalue weighted by molar-refractivity contribution is 0.0697. The van der Waals surface area contributed by atoms with E-state index in [9.17, 15) is 4.79 Å². The molecular weight excluding hydrogens is 329 g/mol. The minimum Gasteiger partial charge on any atom is -0.482 e. The summed E-state index contributed by atoms with van der Waals surface area (Å²) < 4.78 is 11.0. The SMILES string of the molecule is O=C(O)c1ccc2nc(COc3ccc(Cl)cc3Cl)oc2c1. The van der Waals surface area contributed by atoms with Gasteiger partial charge in [-0.1, -0.05) is 23.2 Å². The predicted octanol–water partition coefficient (Wildman–Crippen LogP) is 4.41. The molecule has 5 nitrogen and oxygen atoms in total. The van der Waals surface area contributed by atoms with Gasteiger partial charge in [0.05, 0.1) is 10.6 Å². The highest BCUT2D eigenvalue weighted by Gasteiger charge is 2.11. The number of aromatic carboxylic acids is 1. The first-order valence-corrected chi connectivity index (χ1v) is 6.99. The van der Waals surface area contributed by atoms with Crippen molar-refractivity contribution >= 4 is 40.3 Å². The first-order chi connectivity index (χ1) is 10.5. The Kier molecular flexibility index (Phi) is 3.92. The third-order valence-electron chi connectivity index (χ3n) is 2.92. The number of benzene rings is 2. The van der Waals surface area contributed by atoms with Gasteiger partial charge in [0.25, 0.3) is 0 Å². The van der Waals surface area contributed by atoms with Gasteiger partial charge >= 0.3 is 5.97 Å². The van der Waals surface area contributed by atoms with Gasteiger partial charge in [-0.05, 0) is 36.4 Å². The van der Waals surface area contributed by atoms with E-state index in [-0.39, 0.29) is 12.2 Å². The standard InChI is InChI=1S/C15H9Cl2NO4/c16-9-2-4-12(10(17)6-9)21-7-14-18-11-3-1-8(15(19)20)5-13(11)22-14/h1-6H,7H2,(H,19,20). The average molecular weight is 338 g/mol. The molecule has 0 bridgehead atoms. The molecule has 0 aliphatic carbocycles. The number of halogens is 2. The summed E-state index contributed by atoms with van der Waals surface area (Å²) >= 11 is 11.8. The molecule has 0 fully saturated rings. The highest BCUT2D eigenvalue weighted by atomic mass is 35.5. The van der Waals surface area contributed by atoms with Crippen molar-refractivity contribution in [3.8, 4) is 5.75 Å². The van der Waals surface area contributed by atoms with Crippen LogP contribution in [0.5, 0.6) is 5.75 Å². The fraction of sp³-hybridized carbons (Fsp3) is 0.0667. The zero-order valence-corrected chi connectivity index (χ0v) is 12.6. The molecular formula is C15H9Cl2NO4. The maximum atomic E-state index is 10.9. The molecule has 1 aromatic heterocycles. The van der Waals surface area contributed by atoms with Crippen LogP contribution in [0.2, 0.25) is 10.0 Å². The van der Waals surface area contributed by atoms with E-state index in [1.807, 2.05) is 0 Å². The highest BCUT2D eigenvalue weighted by molar-refractivity contribution is 6.35. The normalized spacial score (nSPS) is 10.8. The van der Waals surface area contributed by atoms with Crippen molar-refractivity contribution in [1.29, 1.82) is 0 Å². The fourth-order valence-electron chi connectivity index (χ4n) is 1.90.